The molecule has 0 bridgehead atoms. The number of carbonyl (C=O) groups is 5. The van der Waals surface area contributed by atoms with Crippen molar-refractivity contribution >= 4 is 35.1 Å². The van der Waals surface area contributed by atoms with Crippen molar-refractivity contribution in [3.05, 3.63) is 39.9 Å². The number of nitrogens with one attached hydrogen (secondary N) is 1. The lowest BCUT2D eigenvalue weighted by Crippen LogP contribution is -2.64. The number of allylic oxidation sites excluding steroid dienone is 1. The van der Waals surface area contributed by atoms with E-state index in [-0.39, 0.29) is 47.5 Å². The van der Waals surface area contributed by atoms with Gasteiger partial charge in [0, 0.05) is 29.7 Å². The second-order valence-corrected chi connectivity index (χ2v) is 11.6. The number of Topliss-reactive ketones (excluding diaryl/α,β-unsaturated/α-hetero) is 2. The summed E-state index contributed by atoms with van der Waals surface area (Å²) in [5, 5.41) is 48.7. The first kappa shape index (κ1) is 31.0. The SMILES string of the molecule is CCCCN1CC(=O)N(c2cc(OC)c3c(c2O)C(=O)C2=C(O)[C@]4(O)C(=O)C(C(N)=O)=C(O)[C@@H](NCCC)[C@@H]4C[C@@H]2C3)C1=O. The fourth-order valence-electron chi connectivity index (χ4n) is 6.90. The Morgan fingerprint density at radius 3 is 2.48 bits per heavy atom. The number of aliphatic hydroxyl groups excluding tert-OH is 2. The molecule has 0 spiro atoms. The molecule has 1 aliphatic heterocycles. The summed E-state index contributed by atoms with van der Waals surface area (Å²) in [6.07, 6.45) is 1.93. The second-order valence-electron chi connectivity index (χ2n) is 11.6. The maximum atomic E-state index is 14.1. The van der Waals surface area contributed by atoms with Crippen molar-refractivity contribution in [3.63, 3.8) is 0 Å². The Kier molecular flexibility index (Phi) is 7.93. The number of phenols is 1. The Labute approximate surface area is 252 Å². The van der Waals surface area contributed by atoms with Gasteiger partial charge in [0.1, 0.15) is 29.4 Å². The summed E-state index contributed by atoms with van der Waals surface area (Å²) in [4.78, 5) is 68.0. The smallest absolute Gasteiger partial charge is 0.332 e. The zero-order valence-corrected chi connectivity index (χ0v) is 24.7. The number of hydrogen-bond acceptors (Lipinski definition) is 11. The molecule has 4 amide bonds. The highest BCUT2D eigenvalue weighted by molar-refractivity contribution is 6.25. The summed E-state index contributed by atoms with van der Waals surface area (Å²) in [5.41, 5.74) is 0.928. The van der Waals surface area contributed by atoms with Crippen LogP contribution in [0.25, 0.3) is 0 Å². The summed E-state index contributed by atoms with van der Waals surface area (Å²) >= 11 is 0. The first-order valence-corrected chi connectivity index (χ1v) is 14.6. The number of hydrogen-bond donors (Lipinski definition) is 6. The number of carbonyl (C=O) groups excluding carboxylic acids is 5. The van der Waals surface area contributed by atoms with Gasteiger partial charge in [0.2, 0.25) is 5.78 Å². The molecule has 1 aromatic rings. The number of fused-ring (bicyclic) bond motifs is 3. The van der Waals surface area contributed by atoms with Gasteiger partial charge in [-0.2, -0.15) is 0 Å². The number of benzene rings is 1. The molecule has 3 aliphatic carbocycles. The van der Waals surface area contributed by atoms with Crippen molar-refractivity contribution in [2.45, 2.75) is 57.6 Å². The highest BCUT2D eigenvalue weighted by Crippen LogP contribution is 2.54. The normalized spacial score (nSPS) is 26.7. The van der Waals surface area contributed by atoms with E-state index in [2.05, 4.69) is 5.32 Å². The number of aromatic hydroxyl groups is 1. The fraction of sp³-hybridized carbons (Fsp3) is 0.500. The van der Waals surface area contributed by atoms with Gasteiger partial charge < -0.3 is 41.1 Å². The molecule has 1 aromatic carbocycles. The summed E-state index contributed by atoms with van der Waals surface area (Å²) in [5.74, 6) is -8.51. The van der Waals surface area contributed by atoms with E-state index in [1.165, 1.54) is 18.1 Å². The van der Waals surface area contributed by atoms with Gasteiger partial charge >= 0.3 is 6.03 Å². The molecule has 0 saturated carbocycles. The zero-order valence-electron chi connectivity index (χ0n) is 24.7. The number of aliphatic hydroxyl groups is 3. The number of unbranched alkanes of at least 4 members (excludes halogenated alkanes) is 1. The van der Waals surface area contributed by atoms with Crippen molar-refractivity contribution < 1.29 is 49.1 Å². The van der Waals surface area contributed by atoms with Crippen LogP contribution in [0, 0.1) is 11.8 Å². The van der Waals surface area contributed by atoms with Crippen LogP contribution in [0.1, 0.15) is 55.5 Å². The van der Waals surface area contributed by atoms with E-state index in [9.17, 15) is 44.4 Å². The molecule has 44 heavy (non-hydrogen) atoms. The number of urea groups is 1. The Morgan fingerprint density at radius 1 is 1.16 bits per heavy atom. The molecule has 4 aliphatic rings. The van der Waals surface area contributed by atoms with E-state index in [4.69, 9.17) is 10.5 Å². The molecule has 236 valence electrons. The first-order valence-electron chi connectivity index (χ1n) is 14.6. The van der Waals surface area contributed by atoms with Gasteiger partial charge in [0.05, 0.1) is 24.4 Å². The molecule has 0 unspecified atom stereocenters. The zero-order chi connectivity index (χ0) is 32.2. The largest absolute Gasteiger partial charge is 0.510 e. The molecule has 5 rings (SSSR count). The second kappa shape index (κ2) is 11.2. The minimum Gasteiger partial charge on any atom is -0.510 e. The molecule has 4 atom stereocenters. The van der Waals surface area contributed by atoms with Crippen LogP contribution in [-0.4, -0.2) is 93.1 Å². The van der Waals surface area contributed by atoms with Gasteiger partial charge in [-0.15, -0.1) is 0 Å². The molecular formula is C30H36N4O10. The third kappa shape index (κ3) is 4.34. The van der Waals surface area contributed by atoms with Crippen LogP contribution in [0.15, 0.2) is 28.7 Å². The number of primary amides is 1. The standard InChI is InChI=1S/C30H36N4O10/c1-4-6-8-33-12-18(35)34(29(33)42)16-11-17(44-3)14-9-13-10-15-22(32-7-5-2)25(38)21(28(31)41)27(40)30(15,43)26(39)19(13)24(37)20(14)23(16)36/h11,13,15,22,32,36,38-39,43H,4-10,12H2,1-3H3,(H2,31,41)/t13-,15-,22-,30-/m0/s1. The molecular weight excluding hydrogens is 576 g/mol. The van der Waals surface area contributed by atoms with Crippen LogP contribution in [0.3, 0.4) is 0 Å². The minimum atomic E-state index is -2.79. The molecule has 1 heterocycles. The van der Waals surface area contributed by atoms with E-state index in [0.29, 0.717) is 25.9 Å². The quantitative estimate of drug-likeness (QED) is 0.171. The number of nitrogens with zero attached hydrogens (tertiary/aromatic N) is 2. The van der Waals surface area contributed by atoms with Crippen LogP contribution in [0.4, 0.5) is 10.5 Å². The maximum Gasteiger partial charge on any atom is 0.332 e. The lowest BCUT2D eigenvalue weighted by molar-refractivity contribution is -0.146. The van der Waals surface area contributed by atoms with E-state index in [0.717, 1.165) is 11.3 Å². The number of ketones is 2. The number of rotatable bonds is 9. The Hall–Kier alpha value is -4.43. The van der Waals surface area contributed by atoms with Gasteiger partial charge in [-0.3, -0.25) is 19.2 Å². The number of anilines is 1. The number of ether oxygens (including phenoxy) is 1. The van der Waals surface area contributed by atoms with Crippen LogP contribution >= 0.6 is 0 Å². The molecule has 14 heteroatoms. The fourth-order valence-corrected chi connectivity index (χ4v) is 6.90. The third-order valence-corrected chi connectivity index (χ3v) is 9.03. The molecule has 1 saturated heterocycles. The van der Waals surface area contributed by atoms with Gasteiger partial charge in [-0.05, 0) is 38.1 Å². The summed E-state index contributed by atoms with van der Waals surface area (Å²) in [7, 11) is 1.32. The van der Waals surface area contributed by atoms with E-state index >= 15 is 0 Å². The van der Waals surface area contributed by atoms with Crippen molar-refractivity contribution in [1.29, 1.82) is 0 Å². The monoisotopic (exact) mass is 612 g/mol. The predicted molar refractivity (Wildman–Crippen MR) is 154 cm³/mol. The highest BCUT2D eigenvalue weighted by Gasteiger charge is 2.63. The Morgan fingerprint density at radius 2 is 1.86 bits per heavy atom. The number of imide groups is 1. The molecule has 1 fully saturated rings. The van der Waals surface area contributed by atoms with Crippen molar-refractivity contribution in [2.24, 2.45) is 17.6 Å². The molecule has 14 nitrogen and oxygen atoms in total. The van der Waals surface area contributed by atoms with Crippen molar-refractivity contribution in [1.82, 2.24) is 10.2 Å². The maximum absolute atomic E-state index is 14.1. The third-order valence-electron chi connectivity index (χ3n) is 9.03. The lowest BCUT2D eigenvalue weighted by Gasteiger charge is -2.49. The van der Waals surface area contributed by atoms with Crippen LogP contribution in [-0.2, 0) is 20.8 Å². The number of nitrogens with two attached hydrogens (primary N) is 1. The van der Waals surface area contributed by atoms with E-state index < -0.39 is 75.7 Å². The molecule has 0 radical (unpaired) electrons. The Balaban J connectivity index is 1.65. The number of amides is 4. The van der Waals surface area contributed by atoms with Crippen molar-refractivity contribution in [3.8, 4) is 11.5 Å². The minimum absolute atomic E-state index is 0.00355. The summed E-state index contributed by atoms with van der Waals surface area (Å²) < 4.78 is 5.54. The molecule has 7 N–H and O–H groups in total. The first-order chi connectivity index (χ1) is 20.8. The van der Waals surface area contributed by atoms with Gasteiger partial charge in [-0.1, -0.05) is 20.3 Å². The van der Waals surface area contributed by atoms with Crippen LogP contribution < -0.4 is 20.7 Å². The molecule has 0 aromatic heterocycles. The van der Waals surface area contributed by atoms with E-state index in [1.54, 1.807) is 0 Å². The average molecular weight is 613 g/mol. The summed E-state index contributed by atoms with van der Waals surface area (Å²) in [6, 6.07) is -0.527. The Bertz CT molecular complexity index is 1550. The number of methoxy groups -OCH3 is 1. The topological polar surface area (TPSA) is 220 Å². The number of phenolic OH excluding ortho intramolecular Hbond substituents is 1. The van der Waals surface area contributed by atoms with Crippen LogP contribution in [0.5, 0.6) is 11.5 Å². The van der Waals surface area contributed by atoms with Gasteiger partial charge in [0.15, 0.2) is 17.1 Å². The van der Waals surface area contributed by atoms with Crippen LogP contribution in [0.2, 0.25) is 0 Å². The summed E-state index contributed by atoms with van der Waals surface area (Å²) in [6.45, 7) is 4.20. The van der Waals surface area contributed by atoms with E-state index in [1.807, 2.05) is 13.8 Å². The highest BCUT2D eigenvalue weighted by atomic mass is 16.5. The average Bonchev–Trinajstić information content (AvgIpc) is 3.25. The van der Waals surface area contributed by atoms with Crippen molar-refractivity contribution in [2.75, 3.05) is 31.6 Å². The lowest BCUT2D eigenvalue weighted by atomic mass is 9.58. The van der Waals surface area contributed by atoms with Gasteiger partial charge in [-0.25, -0.2) is 9.69 Å². The predicted octanol–water partition coefficient (Wildman–Crippen LogP) is 1.14. The van der Waals surface area contributed by atoms with Gasteiger partial charge in [0.25, 0.3) is 11.8 Å².